The molecule has 0 spiro atoms. The van der Waals surface area contributed by atoms with E-state index in [1.165, 1.54) is 0 Å². The second-order valence-electron chi connectivity index (χ2n) is 11.4. The van der Waals surface area contributed by atoms with Crippen LogP contribution in [0.5, 0.6) is 0 Å². The van der Waals surface area contributed by atoms with Crippen molar-refractivity contribution >= 4 is 11.9 Å². The fourth-order valence-electron chi connectivity index (χ4n) is 3.53. The van der Waals surface area contributed by atoms with E-state index in [1.807, 2.05) is 27.7 Å². The molecule has 0 aromatic rings. The number of carbonyl (C=O) groups excluding carboxylic acids is 2. The first-order valence-electron chi connectivity index (χ1n) is 10.5. The zero-order valence-electron chi connectivity index (χ0n) is 20.5. The van der Waals surface area contributed by atoms with E-state index in [0.29, 0.717) is 12.8 Å². The summed E-state index contributed by atoms with van der Waals surface area (Å²) in [6.45, 7) is 19.9. The number of rotatable bonds is 13. The molecule has 0 aliphatic carbocycles. The van der Waals surface area contributed by atoms with E-state index in [9.17, 15) is 9.59 Å². The highest BCUT2D eigenvalue weighted by atomic mass is 17.5. The topological polar surface area (TPSA) is 89.5 Å². The second-order valence-corrected chi connectivity index (χ2v) is 11.4. The van der Waals surface area contributed by atoms with Crippen molar-refractivity contribution in [1.82, 2.24) is 0 Å². The Balaban J connectivity index is 3.89. The molecule has 0 saturated carbocycles. The summed E-state index contributed by atoms with van der Waals surface area (Å²) in [5, 5.41) is 9.25. The minimum atomic E-state index is -0.591. The lowest BCUT2D eigenvalue weighted by atomic mass is 9.84. The number of unbranched alkanes of at least 4 members (excludes halogenated alkanes) is 1. The normalized spacial score (nSPS) is 13.3. The minimum Gasteiger partial charge on any atom is -0.269 e. The summed E-state index contributed by atoms with van der Waals surface area (Å²) in [6.07, 6.45) is 2.48. The lowest BCUT2D eigenvalue weighted by Gasteiger charge is -2.29. The van der Waals surface area contributed by atoms with Crippen LogP contribution in [0.3, 0.4) is 0 Å². The summed E-state index contributed by atoms with van der Waals surface area (Å²) < 4.78 is 0. The highest BCUT2D eigenvalue weighted by Gasteiger charge is 2.29. The first-order valence-corrected chi connectivity index (χ1v) is 10.5. The molecule has 0 aromatic heterocycles. The van der Waals surface area contributed by atoms with Gasteiger partial charge in [0.2, 0.25) is 0 Å². The lowest BCUT2D eigenvalue weighted by Crippen LogP contribution is -2.31. The van der Waals surface area contributed by atoms with Gasteiger partial charge >= 0.3 is 11.9 Å². The molecule has 0 radical (unpaired) electrons. The van der Waals surface area contributed by atoms with Crippen LogP contribution in [-0.4, -0.2) is 23.1 Å². The minimum absolute atomic E-state index is 0.0442. The average molecular weight is 435 g/mol. The van der Waals surface area contributed by atoms with Crippen LogP contribution in [-0.2, 0) is 39.2 Å². The van der Waals surface area contributed by atoms with Crippen molar-refractivity contribution in [2.45, 2.75) is 119 Å². The highest BCUT2D eigenvalue weighted by molar-refractivity contribution is 5.69. The van der Waals surface area contributed by atoms with E-state index in [0.717, 1.165) is 12.8 Å². The number of carbonyl (C=O) groups is 2. The van der Waals surface area contributed by atoms with Crippen molar-refractivity contribution in [2.75, 3.05) is 0 Å². The van der Waals surface area contributed by atoms with Crippen molar-refractivity contribution in [3.05, 3.63) is 0 Å². The van der Waals surface area contributed by atoms with Crippen molar-refractivity contribution < 1.29 is 39.2 Å². The van der Waals surface area contributed by atoms with Crippen molar-refractivity contribution in [2.24, 2.45) is 10.8 Å². The lowest BCUT2D eigenvalue weighted by molar-refractivity contribution is -0.518. The van der Waals surface area contributed by atoms with E-state index in [-0.39, 0.29) is 23.7 Å². The molecule has 8 nitrogen and oxygen atoms in total. The second kappa shape index (κ2) is 12.0. The molecule has 0 bridgehead atoms. The Hall–Kier alpha value is -1.22. The molecule has 8 heteroatoms. The van der Waals surface area contributed by atoms with Crippen LogP contribution in [0.1, 0.15) is 108 Å². The van der Waals surface area contributed by atoms with Crippen LogP contribution in [0.2, 0.25) is 0 Å². The van der Waals surface area contributed by atoms with Crippen molar-refractivity contribution in [3.8, 4) is 0 Å². The van der Waals surface area contributed by atoms with Gasteiger partial charge in [-0.25, -0.2) is 9.59 Å². The van der Waals surface area contributed by atoms with Gasteiger partial charge in [-0.05, 0) is 74.3 Å². The Morgan fingerprint density at radius 3 is 1.13 bits per heavy atom. The molecule has 0 rings (SSSR count). The van der Waals surface area contributed by atoms with E-state index >= 15 is 0 Å². The summed E-state index contributed by atoms with van der Waals surface area (Å²) in [5.41, 5.74) is -1.09. The van der Waals surface area contributed by atoms with Gasteiger partial charge in [-0.1, -0.05) is 41.5 Å². The first-order chi connectivity index (χ1) is 13.4. The molecule has 0 aliphatic rings. The Labute approximate surface area is 181 Å². The monoisotopic (exact) mass is 434 g/mol. The summed E-state index contributed by atoms with van der Waals surface area (Å²) in [4.78, 5) is 42.9. The zero-order valence-corrected chi connectivity index (χ0v) is 20.5. The third kappa shape index (κ3) is 17.6. The van der Waals surface area contributed by atoms with Gasteiger partial charge in [0.25, 0.3) is 0 Å². The summed E-state index contributed by atoms with van der Waals surface area (Å²) in [7, 11) is 0. The van der Waals surface area contributed by atoms with Gasteiger partial charge < -0.3 is 0 Å². The molecular weight excluding hydrogens is 392 g/mol. The molecule has 0 heterocycles. The van der Waals surface area contributed by atoms with E-state index in [2.05, 4.69) is 61.4 Å². The molecule has 0 aliphatic heterocycles. The molecule has 0 saturated heterocycles. The van der Waals surface area contributed by atoms with Gasteiger partial charge in [0, 0.05) is 12.8 Å². The summed E-state index contributed by atoms with van der Waals surface area (Å²) in [6, 6.07) is 0. The van der Waals surface area contributed by atoms with Crippen LogP contribution >= 0.6 is 0 Å². The van der Waals surface area contributed by atoms with Crippen molar-refractivity contribution in [1.29, 1.82) is 0 Å². The van der Waals surface area contributed by atoms with Crippen LogP contribution in [0.25, 0.3) is 0 Å². The van der Waals surface area contributed by atoms with Crippen molar-refractivity contribution in [3.63, 3.8) is 0 Å². The third-order valence-electron chi connectivity index (χ3n) is 3.70. The van der Waals surface area contributed by atoms with Gasteiger partial charge in [-0.3, -0.25) is 9.78 Å². The molecule has 30 heavy (non-hydrogen) atoms. The van der Waals surface area contributed by atoms with Gasteiger partial charge in [0.05, 0.1) is 0 Å². The van der Waals surface area contributed by atoms with Gasteiger partial charge in [-0.2, -0.15) is 9.78 Å². The third-order valence-corrected chi connectivity index (χ3v) is 3.70. The highest BCUT2D eigenvalue weighted by Crippen LogP contribution is 2.30. The molecular formula is C22H42O8. The SMILES string of the molecule is CC(C)(C)CC(C)(C)OOOC(=O)CCCCC(=O)OOOC(C)(C)CC(C)(C)C. The maximum absolute atomic E-state index is 11.7. The Bertz CT molecular complexity index is 478. The largest absolute Gasteiger partial charge is 0.345 e. The standard InChI is InChI=1S/C22H42O8/c1-19(2,3)15-21(7,8)27-29-25-17(23)13-11-12-14-18(24)26-30-28-22(9,10)16-20(4,5)6/h11-16H2,1-10H3. The summed E-state index contributed by atoms with van der Waals surface area (Å²) in [5.74, 6) is -1.14. The number of hydrogen-bond acceptors (Lipinski definition) is 8. The summed E-state index contributed by atoms with van der Waals surface area (Å²) >= 11 is 0. The molecule has 0 atom stereocenters. The maximum atomic E-state index is 11.7. The molecule has 0 aromatic carbocycles. The smallest absolute Gasteiger partial charge is 0.269 e. The van der Waals surface area contributed by atoms with E-state index in [4.69, 9.17) is 9.78 Å². The van der Waals surface area contributed by atoms with Gasteiger partial charge in [-0.15, -0.1) is 0 Å². The zero-order chi connectivity index (χ0) is 23.6. The van der Waals surface area contributed by atoms with E-state index in [1.54, 1.807) is 0 Å². The predicted molar refractivity (Wildman–Crippen MR) is 111 cm³/mol. The quantitative estimate of drug-likeness (QED) is 0.204. The maximum Gasteiger partial charge on any atom is 0.345 e. The molecule has 0 N–H and O–H groups in total. The van der Waals surface area contributed by atoms with Crippen LogP contribution in [0.4, 0.5) is 0 Å². The Morgan fingerprint density at radius 1 is 0.567 bits per heavy atom. The van der Waals surface area contributed by atoms with E-state index < -0.39 is 23.1 Å². The first kappa shape index (κ1) is 28.8. The predicted octanol–water partition coefficient (Wildman–Crippen LogP) is 5.79. The van der Waals surface area contributed by atoms with Crippen LogP contribution in [0, 0.1) is 10.8 Å². The average Bonchev–Trinajstić information content (AvgIpc) is 2.46. The van der Waals surface area contributed by atoms with Gasteiger partial charge in [0.15, 0.2) is 0 Å². The Kier molecular flexibility index (Phi) is 11.5. The Morgan fingerprint density at radius 2 is 0.867 bits per heavy atom. The fraction of sp³-hybridized carbons (Fsp3) is 0.909. The fourth-order valence-corrected chi connectivity index (χ4v) is 3.53. The number of hydrogen-bond donors (Lipinski definition) is 0. The van der Waals surface area contributed by atoms with Gasteiger partial charge in [0.1, 0.15) is 11.2 Å². The molecule has 0 amide bonds. The molecule has 178 valence electrons. The van der Waals surface area contributed by atoms with Crippen LogP contribution in [0.15, 0.2) is 0 Å². The molecule has 0 fully saturated rings. The molecule has 0 unspecified atom stereocenters. The van der Waals surface area contributed by atoms with Crippen LogP contribution < -0.4 is 0 Å².